The van der Waals surface area contributed by atoms with Crippen LogP contribution < -0.4 is 10.1 Å². The molecule has 0 saturated heterocycles. The number of amides is 1. The van der Waals surface area contributed by atoms with Crippen LogP contribution in [0.1, 0.15) is 40.3 Å². The fourth-order valence-corrected chi connectivity index (χ4v) is 5.73. The quantitative estimate of drug-likeness (QED) is 0.0609. The molecule has 0 spiro atoms. The summed E-state index contributed by atoms with van der Waals surface area (Å²) in [4.78, 5) is 22.6. The molecule has 236 valence electrons. The van der Waals surface area contributed by atoms with Crippen molar-refractivity contribution in [3.05, 3.63) is 145 Å². The third-order valence-electron chi connectivity index (χ3n) is 7.67. The molecule has 1 heterocycles. The normalized spacial score (nSPS) is 17.0. The summed E-state index contributed by atoms with van der Waals surface area (Å²) in [6, 6.07) is 30.1. The summed E-state index contributed by atoms with van der Waals surface area (Å²) in [5.74, 6) is 0.676. The molecule has 1 amide bonds. The Labute approximate surface area is 281 Å². The molecular weight excluding hydrogens is 670 g/mol. The van der Waals surface area contributed by atoms with Gasteiger partial charge in [0, 0.05) is 46.0 Å². The largest absolute Gasteiger partial charge is 0.494 e. The van der Waals surface area contributed by atoms with Crippen molar-refractivity contribution in [1.82, 2.24) is 5.32 Å². The fraction of sp³-hybridized carbons (Fsp3) is 0.257. The number of aliphatic hydroxyl groups is 1. The molecule has 9 nitrogen and oxygen atoms in total. The summed E-state index contributed by atoms with van der Waals surface area (Å²) in [6.45, 7) is 0.909. The van der Waals surface area contributed by atoms with Crippen molar-refractivity contribution < 1.29 is 19.4 Å². The van der Waals surface area contributed by atoms with Crippen LogP contribution in [-0.4, -0.2) is 42.2 Å². The van der Waals surface area contributed by atoms with Gasteiger partial charge in [0.15, 0.2) is 11.6 Å². The van der Waals surface area contributed by atoms with Crippen molar-refractivity contribution in [3.63, 3.8) is 0 Å². The van der Waals surface area contributed by atoms with Crippen LogP contribution in [0.15, 0.2) is 112 Å². The van der Waals surface area contributed by atoms with Gasteiger partial charge in [0.25, 0.3) is 5.91 Å². The smallest absolute Gasteiger partial charge is 0.252 e. The Balaban J connectivity index is 1.55. The molecule has 11 heteroatoms. The standard InChI is InChI=1S/C35H33BrClN5O4/c36-28-12-6-25(7-13-28)22-35(34(44)39-19-18-24-8-14-29(37)15-9-24)32(31-5-2-1-4-27(31)23-40-42-38)46-33(41-35)26-10-16-30(17-11-26)45-21-3-20-43/h1-2,4-17,32,43H,3,18-23H2,(H,39,44)/t32-,35-/m1/s1. The SMILES string of the molecule is [N-]=[N+]=NCc1ccccc1[C@H]1OC(c2ccc(OCCCO)cc2)=N[C@@]1(Cc1ccc(Br)cc1)C(=O)NCCc1ccc(Cl)cc1. The lowest BCUT2D eigenvalue weighted by molar-refractivity contribution is -0.128. The summed E-state index contributed by atoms with van der Waals surface area (Å²) in [6.07, 6.45) is 0.553. The summed E-state index contributed by atoms with van der Waals surface area (Å²) in [7, 11) is 0. The number of azide groups is 1. The highest BCUT2D eigenvalue weighted by atomic mass is 79.9. The van der Waals surface area contributed by atoms with Crippen molar-refractivity contribution in [2.45, 2.75) is 37.5 Å². The Kier molecular flexibility index (Phi) is 11.3. The highest BCUT2D eigenvalue weighted by molar-refractivity contribution is 9.10. The van der Waals surface area contributed by atoms with Crippen LogP contribution in [-0.2, 0) is 28.9 Å². The Morgan fingerprint density at radius 3 is 2.48 bits per heavy atom. The summed E-state index contributed by atoms with van der Waals surface area (Å²) in [5, 5.41) is 16.7. The average molecular weight is 703 g/mol. The first-order valence-electron chi connectivity index (χ1n) is 14.9. The molecular formula is C35H33BrClN5O4. The first kappa shape index (κ1) is 33.0. The zero-order chi connectivity index (χ0) is 32.4. The molecule has 5 rings (SSSR count). The van der Waals surface area contributed by atoms with Gasteiger partial charge in [-0.2, -0.15) is 0 Å². The van der Waals surface area contributed by atoms with Gasteiger partial charge in [0.05, 0.1) is 13.2 Å². The third-order valence-corrected chi connectivity index (χ3v) is 8.45. The predicted octanol–water partition coefficient (Wildman–Crippen LogP) is 7.53. The van der Waals surface area contributed by atoms with E-state index in [0.29, 0.717) is 53.8 Å². The second-order valence-electron chi connectivity index (χ2n) is 10.8. The van der Waals surface area contributed by atoms with Crippen molar-refractivity contribution in [1.29, 1.82) is 0 Å². The Hall–Kier alpha value is -4.34. The minimum absolute atomic E-state index is 0.0491. The third kappa shape index (κ3) is 8.08. The lowest BCUT2D eigenvalue weighted by Gasteiger charge is -2.32. The summed E-state index contributed by atoms with van der Waals surface area (Å²) in [5.41, 5.74) is 11.8. The highest BCUT2D eigenvalue weighted by Gasteiger charge is 2.53. The highest BCUT2D eigenvalue weighted by Crippen LogP contribution is 2.44. The number of hydrogen-bond donors (Lipinski definition) is 2. The number of nitrogens with zero attached hydrogens (tertiary/aromatic N) is 4. The van der Waals surface area contributed by atoms with Crippen LogP contribution in [0.3, 0.4) is 0 Å². The van der Waals surface area contributed by atoms with E-state index in [-0.39, 0.29) is 25.5 Å². The molecule has 46 heavy (non-hydrogen) atoms. The van der Waals surface area contributed by atoms with Crippen LogP contribution in [0.4, 0.5) is 0 Å². The second kappa shape index (κ2) is 15.8. The maximum atomic E-state index is 14.5. The number of hydrogen-bond acceptors (Lipinski definition) is 6. The molecule has 0 radical (unpaired) electrons. The van der Waals surface area contributed by atoms with Crippen molar-refractivity contribution in [2.24, 2.45) is 10.1 Å². The van der Waals surface area contributed by atoms with E-state index in [1.807, 2.05) is 97.1 Å². The molecule has 4 aromatic rings. The zero-order valence-electron chi connectivity index (χ0n) is 25.0. The molecule has 0 bridgehead atoms. The van der Waals surface area contributed by atoms with E-state index in [1.54, 1.807) is 0 Å². The number of carbonyl (C=O) groups excluding carboxylic acids is 1. The lowest BCUT2D eigenvalue weighted by Crippen LogP contribution is -2.50. The summed E-state index contributed by atoms with van der Waals surface area (Å²) < 4.78 is 13.3. The van der Waals surface area contributed by atoms with Gasteiger partial charge in [-0.1, -0.05) is 81.2 Å². The first-order valence-corrected chi connectivity index (χ1v) is 16.1. The number of rotatable bonds is 14. The Bertz CT molecular complexity index is 1710. The second-order valence-corrected chi connectivity index (χ2v) is 12.2. The number of aliphatic imine (C=N–C) groups is 1. The lowest BCUT2D eigenvalue weighted by atomic mass is 9.80. The molecule has 1 aliphatic rings. The van der Waals surface area contributed by atoms with E-state index >= 15 is 0 Å². The van der Waals surface area contributed by atoms with E-state index in [0.717, 1.165) is 21.2 Å². The maximum Gasteiger partial charge on any atom is 0.252 e. The van der Waals surface area contributed by atoms with Gasteiger partial charge < -0.3 is 19.9 Å². The monoisotopic (exact) mass is 701 g/mol. The van der Waals surface area contributed by atoms with E-state index in [9.17, 15) is 4.79 Å². The van der Waals surface area contributed by atoms with E-state index in [1.165, 1.54) is 0 Å². The Morgan fingerprint density at radius 1 is 1.04 bits per heavy atom. The molecule has 4 aromatic carbocycles. The number of nitrogens with one attached hydrogen (secondary N) is 1. The molecule has 2 N–H and O–H groups in total. The van der Waals surface area contributed by atoms with Crippen LogP contribution >= 0.6 is 27.5 Å². The zero-order valence-corrected chi connectivity index (χ0v) is 27.3. The molecule has 1 aliphatic heterocycles. The van der Waals surface area contributed by atoms with Gasteiger partial charge in [-0.05, 0) is 82.7 Å². The van der Waals surface area contributed by atoms with Gasteiger partial charge in [0.1, 0.15) is 5.75 Å². The van der Waals surface area contributed by atoms with Crippen molar-refractivity contribution in [2.75, 3.05) is 19.8 Å². The molecule has 0 saturated carbocycles. The van der Waals surface area contributed by atoms with E-state index in [2.05, 4.69) is 31.3 Å². The number of aliphatic hydroxyl groups excluding tert-OH is 1. The number of ether oxygens (including phenoxy) is 2. The van der Waals surface area contributed by atoms with Gasteiger partial charge in [0.2, 0.25) is 5.90 Å². The van der Waals surface area contributed by atoms with Crippen LogP contribution in [0.5, 0.6) is 5.75 Å². The van der Waals surface area contributed by atoms with Crippen LogP contribution in [0.2, 0.25) is 5.02 Å². The van der Waals surface area contributed by atoms with Crippen LogP contribution in [0, 0.1) is 0 Å². The summed E-state index contributed by atoms with van der Waals surface area (Å²) >= 11 is 9.57. The first-order chi connectivity index (χ1) is 22.4. The molecule has 2 atom stereocenters. The van der Waals surface area contributed by atoms with Crippen molar-refractivity contribution >= 4 is 39.3 Å². The topological polar surface area (TPSA) is 129 Å². The minimum Gasteiger partial charge on any atom is -0.494 e. The van der Waals surface area contributed by atoms with Gasteiger partial charge in [-0.15, -0.1) is 0 Å². The molecule has 0 aromatic heterocycles. The number of halogens is 2. The molecule has 0 aliphatic carbocycles. The minimum atomic E-state index is -1.40. The van der Waals surface area contributed by atoms with Gasteiger partial charge in [-0.25, -0.2) is 4.99 Å². The maximum absolute atomic E-state index is 14.5. The van der Waals surface area contributed by atoms with Crippen molar-refractivity contribution in [3.8, 4) is 5.75 Å². The average Bonchev–Trinajstić information content (AvgIpc) is 3.46. The van der Waals surface area contributed by atoms with E-state index in [4.69, 9.17) is 36.7 Å². The van der Waals surface area contributed by atoms with Crippen LogP contribution in [0.25, 0.3) is 10.4 Å². The molecule has 0 unspecified atom stereocenters. The number of benzene rings is 4. The number of carbonyl (C=O) groups is 1. The Morgan fingerprint density at radius 2 is 1.76 bits per heavy atom. The van der Waals surface area contributed by atoms with Gasteiger partial charge >= 0.3 is 0 Å². The van der Waals surface area contributed by atoms with Gasteiger partial charge in [-0.3, -0.25) is 4.79 Å². The fourth-order valence-electron chi connectivity index (χ4n) is 5.34. The molecule has 0 fully saturated rings. The van der Waals surface area contributed by atoms with E-state index < -0.39 is 11.6 Å². The predicted molar refractivity (Wildman–Crippen MR) is 182 cm³/mol.